The Morgan fingerprint density at radius 2 is 0.700 bits per heavy atom. The molecule has 0 aliphatic carbocycles. The normalized spacial score (nSPS) is 12.3. The first-order valence-corrected chi connectivity index (χ1v) is 20.9. The second-order valence-electron chi connectivity index (χ2n) is 11.6. The largest absolute Gasteiger partial charge is 1.00 e. The minimum Gasteiger partial charge on any atom is -0.744 e. The van der Waals surface area contributed by atoms with Gasteiger partial charge in [0.25, 0.3) is 0 Å². The van der Waals surface area contributed by atoms with Crippen LogP contribution >= 0.6 is 0 Å². The minimum absolute atomic E-state index is 0. The molecule has 0 atom stereocenters. The maximum Gasteiger partial charge on any atom is 1.00 e. The van der Waals surface area contributed by atoms with Crippen molar-refractivity contribution in [3.05, 3.63) is 108 Å². The Labute approximate surface area is 431 Å². The van der Waals surface area contributed by atoms with Crippen LogP contribution in [-0.2, 0) is 40.5 Å². The first kappa shape index (κ1) is 54.2. The molecule has 6 rings (SSSR count). The van der Waals surface area contributed by atoms with Crippen molar-refractivity contribution in [1.82, 2.24) is 0 Å². The van der Waals surface area contributed by atoms with E-state index >= 15 is 0 Å². The average molecular weight is 929 g/mol. The summed E-state index contributed by atoms with van der Waals surface area (Å²) in [4.78, 5) is -3.20. The van der Waals surface area contributed by atoms with Gasteiger partial charge in [-0.2, -0.15) is 10.2 Å². The van der Waals surface area contributed by atoms with Gasteiger partial charge >= 0.3 is 118 Å². The van der Waals surface area contributed by atoms with Gasteiger partial charge in [0.1, 0.15) is 51.8 Å². The van der Waals surface area contributed by atoms with Gasteiger partial charge in [0, 0.05) is 21.5 Å². The number of azo groups is 2. The Morgan fingerprint density at radius 1 is 0.400 bits per heavy atom. The van der Waals surface area contributed by atoms with Crippen molar-refractivity contribution in [2.45, 2.75) is 19.6 Å². The van der Waals surface area contributed by atoms with Crippen molar-refractivity contribution in [2.75, 3.05) is 0 Å². The van der Waals surface area contributed by atoms with Crippen LogP contribution < -0.4 is 118 Å². The van der Waals surface area contributed by atoms with Gasteiger partial charge in [0.2, 0.25) is 0 Å². The van der Waals surface area contributed by atoms with Crippen LogP contribution in [0.1, 0.15) is 11.1 Å². The number of hydrogen-bond donors (Lipinski definition) is 2. The monoisotopic (exact) mass is 928 g/mol. The summed E-state index contributed by atoms with van der Waals surface area (Å²) in [6, 6.07) is 18.6. The summed E-state index contributed by atoms with van der Waals surface area (Å²) in [7, 11) is -20.6. The molecule has 0 heterocycles. The van der Waals surface area contributed by atoms with Crippen LogP contribution in [0.2, 0.25) is 0 Å². The van der Waals surface area contributed by atoms with Gasteiger partial charge in [-0.15, -0.1) is 10.2 Å². The summed E-state index contributed by atoms with van der Waals surface area (Å²) in [6.07, 6.45) is 1.99. The van der Waals surface area contributed by atoms with Crippen LogP contribution in [0, 0.1) is 0 Å². The standard InChI is InChI=1S/C34H24N4O14S4.4Na/c39-33-25-7-3-1-5-23(25)31(55(47,48)49)17-27(33)37-35-21-13-11-19(29(15-21)53(41,42)43)9-10-20-12-14-22(16-30(20)54(44,45)46)36-38-28-18-32(56(50,51)52)24-6-2-4-8-26(24)34(28)40;;;;/h1-18,39-40H,(H,41,42,43)(H,44,45,46)(H,47,48,49)(H,50,51,52);;;;/q;4*+1/p-4/b10-9+,37-35?,38-36?;;;;. The number of aromatic hydroxyl groups is 2. The number of benzene rings is 6. The number of phenols is 2. The molecule has 26 heteroatoms. The van der Waals surface area contributed by atoms with E-state index in [4.69, 9.17) is 0 Å². The van der Waals surface area contributed by atoms with Crippen molar-refractivity contribution >= 4 is 96.9 Å². The van der Waals surface area contributed by atoms with Crippen molar-refractivity contribution in [1.29, 1.82) is 0 Å². The van der Waals surface area contributed by atoms with E-state index in [9.17, 15) is 62.1 Å². The first-order chi connectivity index (χ1) is 26.1. The zero-order chi connectivity index (χ0) is 40.8. The molecule has 0 saturated heterocycles. The number of nitrogens with zero attached hydrogens (tertiary/aromatic N) is 4. The fraction of sp³-hybridized carbons (Fsp3) is 0. The number of rotatable bonds is 10. The second kappa shape index (κ2) is 21.1. The molecule has 0 fully saturated rings. The molecule has 0 aromatic heterocycles. The third-order valence-electron chi connectivity index (χ3n) is 7.98. The topological polar surface area (TPSA) is 319 Å². The maximum atomic E-state index is 12.2. The maximum absolute atomic E-state index is 12.2. The quantitative estimate of drug-likeness (QED) is 0.0560. The van der Waals surface area contributed by atoms with Crippen molar-refractivity contribution < 1.29 is 180 Å². The molecule has 0 unspecified atom stereocenters. The van der Waals surface area contributed by atoms with E-state index in [1.54, 1.807) is 0 Å². The Hall–Kier alpha value is -1.98. The summed E-state index contributed by atoms with van der Waals surface area (Å²) in [5.74, 6) is -1.11. The van der Waals surface area contributed by atoms with Crippen LogP contribution in [-0.4, -0.2) is 62.1 Å². The third-order valence-corrected chi connectivity index (χ3v) is 11.5. The predicted molar refractivity (Wildman–Crippen MR) is 193 cm³/mol. The summed E-state index contributed by atoms with van der Waals surface area (Å²) in [6.45, 7) is 0. The van der Waals surface area contributed by atoms with Crippen molar-refractivity contribution in [3.63, 3.8) is 0 Å². The molecule has 0 saturated carbocycles. The van der Waals surface area contributed by atoms with Crippen LogP contribution in [0.15, 0.2) is 137 Å². The van der Waals surface area contributed by atoms with Crippen LogP contribution in [0.4, 0.5) is 22.7 Å². The van der Waals surface area contributed by atoms with Gasteiger partial charge in [-0.1, -0.05) is 72.8 Å². The molecular weight excluding hydrogens is 909 g/mol. The molecule has 0 aliphatic rings. The van der Waals surface area contributed by atoms with Crippen LogP contribution in [0.3, 0.4) is 0 Å². The fourth-order valence-corrected chi connectivity index (χ4v) is 8.26. The molecule has 0 bridgehead atoms. The molecule has 6 aromatic carbocycles. The summed E-state index contributed by atoms with van der Waals surface area (Å²) in [5, 5.41) is 36.1. The van der Waals surface area contributed by atoms with E-state index in [2.05, 4.69) is 20.5 Å². The minimum atomic E-state index is -5.27. The average Bonchev–Trinajstić information content (AvgIpc) is 3.12. The Kier molecular flexibility index (Phi) is 19.1. The smallest absolute Gasteiger partial charge is 0.744 e. The molecule has 0 aliphatic heterocycles. The van der Waals surface area contributed by atoms with E-state index in [0.29, 0.717) is 0 Å². The van der Waals surface area contributed by atoms with Crippen molar-refractivity contribution in [2.24, 2.45) is 20.5 Å². The number of hydrogen-bond acceptors (Lipinski definition) is 18. The van der Waals surface area contributed by atoms with Gasteiger partial charge in [-0.3, -0.25) is 0 Å². The van der Waals surface area contributed by atoms with E-state index in [0.717, 1.165) is 60.7 Å². The zero-order valence-corrected chi connectivity index (χ0v) is 42.9. The zero-order valence-electron chi connectivity index (χ0n) is 31.6. The van der Waals surface area contributed by atoms with E-state index in [-0.39, 0.29) is 162 Å². The molecule has 0 amide bonds. The molecule has 2 N–H and O–H groups in total. The van der Waals surface area contributed by atoms with Crippen LogP contribution in [0.25, 0.3) is 33.7 Å². The van der Waals surface area contributed by atoms with Gasteiger partial charge in [0.15, 0.2) is 11.5 Å². The predicted octanol–water partition coefficient (Wildman–Crippen LogP) is -5.96. The fourth-order valence-electron chi connectivity index (χ4n) is 5.47. The first-order valence-electron chi connectivity index (χ1n) is 15.3. The molecular formula is C34H20N4Na4O14S4. The second-order valence-corrected chi connectivity index (χ2v) is 17.0. The molecule has 0 spiro atoms. The molecule has 18 nitrogen and oxygen atoms in total. The number of fused-ring (bicyclic) bond motifs is 2. The summed E-state index contributed by atoms with van der Waals surface area (Å²) in [5.41, 5.74) is -2.13. The van der Waals surface area contributed by atoms with Gasteiger partial charge in [-0.25, -0.2) is 33.7 Å². The summed E-state index contributed by atoms with van der Waals surface area (Å²) < 4.78 is 145. The van der Waals surface area contributed by atoms with Crippen LogP contribution in [0.5, 0.6) is 11.5 Å². The Balaban J connectivity index is 0.00000310. The SMILES string of the molecule is O=S(=O)([O-])c1cc(N=Nc2cc(S(=O)(=O)[O-])c3ccccc3c2O)ccc1/C=C/c1ccc(N=Nc2cc(S(=O)(=O)[O-])c3ccccc3c2O)cc1S(=O)(=O)[O-].[Na+].[Na+].[Na+].[Na+]. The molecule has 6 aromatic rings. The molecule has 60 heavy (non-hydrogen) atoms. The molecule has 0 radical (unpaired) electrons. The van der Waals surface area contributed by atoms with Gasteiger partial charge < -0.3 is 28.4 Å². The Morgan fingerprint density at radius 3 is 1.00 bits per heavy atom. The Bertz CT molecular complexity index is 2980. The van der Waals surface area contributed by atoms with Crippen molar-refractivity contribution in [3.8, 4) is 11.5 Å². The number of phenolic OH excluding ortho intramolecular Hbond substituents is 2. The molecule has 288 valence electrons. The van der Waals surface area contributed by atoms with E-state index in [1.165, 1.54) is 48.5 Å². The third kappa shape index (κ3) is 12.4. The van der Waals surface area contributed by atoms with E-state index in [1.807, 2.05) is 0 Å². The summed E-state index contributed by atoms with van der Waals surface area (Å²) >= 11 is 0. The van der Waals surface area contributed by atoms with Gasteiger partial charge in [0.05, 0.1) is 31.0 Å². The van der Waals surface area contributed by atoms with Gasteiger partial charge in [-0.05, 0) is 47.5 Å². The van der Waals surface area contributed by atoms with E-state index < -0.39 is 82.9 Å².